The lowest BCUT2D eigenvalue weighted by Crippen LogP contribution is -2.35. The van der Waals surface area contributed by atoms with Crippen molar-refractivity contribution in [3.05, 3.63) is 71.8 Å². The topological polar surface area (TPSA) is 187 Å². The van der Waals surface area contributed by atoms with Crippen molar-refractivity contribution in [1.82, 2.24) is 10.9 Å². The quantitative estimate of drug-likeness (QED) is 0.110. The molecular weight excluding hydrogens is 384 g/mol. The van der Waals surface area contributed by atoms with Gasteiger partial charge < -0.3 is 11.5 Å². The fourth-order valence-electron chi connectivity index (χ4n) is 2.90. The molecule has 2 rings (SSSR count). The Morgan fingerprint density at radius 1 is 0.700 bits per heavy atom. The fraction of sp³-hybridized carbons (Fsp3) is 0.200. The van der Waals surface area contributed by atoms with Gasteiger partial charge in [0, 0.05) is 12.8 Å². The van der Waals surface area contributed by atoms with E-state index in [9.17, 15) is 9.59 Å². The van der Waals surface area contributed by atoms with Gasteiger partial charge in [-0.15, -0.1) is 10.2 Å². The molecule has 2 atom stereocenters. The second-order valence-electron chi connectivity index (χ2n) is 6.52. The van der Waals surface area contributed by atoms with Crippen LogP contribution in [0, 0.1) is 0 Å². The summed E-state index contributed by atoms with van der Waals surface area (Å²) >= 11 is 0. The first-order chi connectivity index (χ1) is 14.5. The molecule has 0 aliphatic heterocycles. The Bertz CT molecular complexity index is 824. The van der Waals surface area contributed by atoms with E-state index in [2.05, 4.69) is 21.1 Å². The molecule has 2 aromatic rings. The number of nitrogens with two attached hydrogens (primary N) is 4. The highest BCUT2D eigenvalue weighted by Crippen LogP contribution is 2.22. The summed E-state index contributed by atoms with van der Waals surface area (Å²) < 4.78 is 0. The van der Waals surface area contributed by atoms with Crippen LogP contribution in [0.1, 0.15) is 35.8 Å². The van der Waals surface area contributed by atoms with Gasteiger partial charge in [-0.05, 0) is 11.1 Å². The average Bonchev–Trinajstić information content (AvgIpc) is 2.79. The van der Waals surface area contributed by atoms with Crippen molar-refractivity contribution < 1.29 is 9.59 Å². The fourth-order valence-corrected chi connectivity index (χ4v) is 2.90. The van der Waals surface area contributed by atoms with Crippen LogP contribution in [0.25, 0.3) is 0 Å². The van der Waals surface area contributed by atoms with E-state index < -0.39 is 23.7 Å². The summed E-state index contributed by atoms with van der Waals surface area (Å²) in [7, 11) is 0. The summed E-state index contributed by atoms with van der Waals surface area (Å²) in [5, 5.41) is 8.08. The molecule has 0 spiro atoms. The molecule has 2 aromatic carbocycles. The highest BCUT2D eigenvalue weighted by Gasteiger charge is 2.22. The molecule has 10 N–H and O–H groups in total. The number of carbonyl (C=O) groups excluding carboxylic acids is 2. The van der Waals surface area contributed by atoms with E-state index in [1.165, 1.54) is 0 Å². The van der Waals surface area contributed by atoms with Crippen LogP contribution in [0.4, 0.5) is 0 Å². The number of hydrogen-bond acceptors (Lipinski definition) is 6. The zero-order chi connectivity index (χ0) is 21.9. The van der Waals surface area contributed by atoms with Crippen LogP contribution in [-0.4, -0.2) is 23.5 Å². The van der Waals surface area contributed by atoms with E-state index in [1.54, 1.807) is 0 Å². The maximum Gasteiger partial charge on any atom is 0.234 e. The Balaban J connectivity index is 2.33. The van der Waals surface area contributed by atoms with Gasteiger partial charge in [0.15, 0.2) is 0 Å². The SMILES string of the molecule is NNC(=O)CC(/C(N)=N/N=C(\N)C(CC(=O)NN)c1ccccc1)c1ccccc1. The third-order valence-corrected chi connectivity index (χ3v) is 4.50. The van der Waals surface area contributed by atoms with Crippen LogP contribution < -0.4 is 34.0 Å². The molecule has 0 saturated heterocycles. The van der Waals surface area contributed by atoms with Crippen molar-refractivity contribution >= 4 is 23.5 Å². The molecule has 0 aromatic heterocycles. The molecule has 0 heterocycles. The molecule has 0 aliphatic carbocycles. The summed E-state index contributed by atoms with van der Waals surface area (Å²) in [5.41, 5.74) is 18.0. The van der Waals surface area contributed by atoms with E-state index in [0.717, 1.165) is 11.1 Å². The van der Waals surface area contributed by atoms with E-state index in [1.807, 2.05) is 60.7 Å². The molecule has 2 amide bonds. The number of rotatable bonds is 9. The molecule has 10 nitrogen and oxygen atoms in total. The van der Waals surface area contributed by atoms with Crippen LogP contribution in [0.3, 0.4) is 0 Å². The smallest absolute Gasteiger partial charge is 0.234 e. The Hall–Kier alpha value is -3.76. The predicted octanol–water partition coefficient (Wildman–Crippen LogP) is -0.0566. The molecule has 0 fully saturated rings. The highest BCUT2D eigenvalue weighted by atomic mass is 16.2. The zero-order valence-electron chi connectivity index (χ0n) is 16.4. The van der Waals surface area contributed by atoms with Crippen LogP contribution in [0.2, 0.25) is 0 Å². The number of hydrogen-bond donors (Lipinski definition) is 6. The van der Waals surface area contributed by atoms with Crippen LogP contribution in [-0.2, 0) is 9.59 Å². The Morgan fingerprint density at radius 3 is 1.33 bits per heavy atom. The number of amidine groups is 2. The van der Waals surface area contributed by atoms with Crippen molar-refractivity contribution in [3.8, 4) is 0 Å². The van der Waals surface area contributed by atoms with Crippen LogP contribution in [0.5, 0.6) is 0 Å². The van der Waals surface area contributed by atoms with Gasteiger partial charge in [0.2, 0.25) is 11.8 Å². The van der Waals surface area contributed by atoms with Gasteiger partial charge in [-0.2, -0.15) is 0 Å². The van der Waals surface area contributed by atoms with Crippen molar-refractivity contribution in [2.75, 3.05) is 0 Å². The van der Waals surface area contributed by atoms with Gasteiger partial charge in [0.25, 0.3) is 0 Å². The molecular formula is C20H26N8O2. The van der Waals surface area contributed by atoms with Gasteiger partial charge in [-0.3, -0.25) is 20.4 Å². The standard InChI is InChI=1S/C20H26N8O2/c21-19(15(11-17(29)25-23)13-7-3-1-4-8-13)27-28-20(22)16(12-18(30)26-24)14-9-5-2-6-10-14/h1-10,15-16H,11-12,23-24H2,(H2,21,27)(H2,22,28)(H,25,29)(H,26,30). The van der Waals surface area contributed by atoms with E-state index in [-0.39, 0.29) is 24.5 Å². The Morgan fingerprint density at radius 2 is 1.03 bits per heavy atom. The first-order valence-electron chi connectivity index (χ1n) is 9.21. The van der Waals surface area contributed by atoms with Crippen molar-refractivity contribution in [2.45, 2.75) is 24.7 Å². The number of benzene rings is 2. The monoisotopic (exact) mass is 410 g/mol. The van der Waals surface area contributed by atoms with Crippen LogP contribution >= 0.6 is 0 Å². The maximum absolute atomic E-state index is 11.8. The summed E-state index contributed by atoms with van der Waals surface area (Å²) in [6, 6.07) is 18.3. The van der Waals surface area contributed by atoms with Gasteiger partial charge in [-0.25, -0.2) is 11.7 Å². The first-order valence-corrected chi connectivity index (χ1v) is 9.21. The van der Waals surface area contributed by atoms with Gasteiger partial charge >= 0.3 is 0 Å². The third kappa shape index (κ3) is 6.40. The molecule has 0 saturated carbocycles. The van der Waals surface area contributed by atoms with Gasteiger partial charge in [-0.1, -0.05) is 60.7 Å². The summed E-state index contributed by atoms with van der Waals surface area (Å²) in [5.74, 6) is 8.69. The van der Waals surface area contributed by atoms with Crippen molar-refractivity contribution in [1.29, 1.82) is 0 Å². The minimum absolute atomic E-state index is 0.0109. The predicted molar refractivity (Wildman–Crippen MR) is 116 cm³/mol. The number of hydrazine groups is 2. The lowest BCUT2D eigenvalue weighted by atomic mass is 9.94. The number of carbonyl (C=O) groups is 2. The molecule has 0 radical (unpaired) electrons. The molecule has 10 heteroatoms. The highest BCUT2D eigenvalue weighted by molar-refractivity contribution is 5.95. The van der Waals surface area contributed by atoms with E-state index >= 15 is 0 Å². The maximum atomic E-state index is 11.8. The third-order valence-electron chi connectivity index (χ3n) is 4.50. The normalized spacial score (nSPS) is 13.9. The summed E-state index contributed by atoms with van der Waals surface area (Å²) in [6.45, 7) is 0. The van der Waals surface area contributed by atoms with E-state index in [4.69, 9.17) is 23.2 Å². The lowest BCUT2D eigenvalue weighted by Gasteiger charge is -2.17. The minimum atomic E-state index is -0.547. The van der Waals surface area contributed by atoms with Crippen molar-refractivity contribution in [2.24, 2.45) is 33.4 Å². The average molecular weight is 410 g/mol. The van der Waals surface area contributed by atoms with Crippen LogP contribution in [0.15, 0.2) is 70.9 Å². The number of amides is 2. The summed E-state index contributed by atoms with van der Waals surface area (Å²) in [6.07, 6.45) is -0.0219. The Labute approximate surface area is 174 Å². The van der Waals surface area contributed by atoms with Crippen molar-refractivity contribution in [3.63, 3.8) is 0 Å². The van der Waals surface area contributed by atoms with Gasteiger partial charge in [0.05, 0.1) is 11.8 Å². The largest absolute Gasteiger partial charge is 0.385 e. The second-order valence-corrected chi connectivity index (χ2v) is 6.52. The number of nitrogens with one attached hydrogen (secondary N) is 2. The summed E-state index contributed by atoms with van der Waals surface area (Å²) in [4.78, 5) is 23.6. The zero-order valence-corrected chi connectivity index (χ0v) is 16.4. The number of nitrogens with zero attached hydrogens (tertiary/aromatic N) is 2. The van der Waals surface area contributed by atoms with E-state index in [0.29, 0.717) is 0 Å². The molecule has 158 valence electrons. The lowest BCUT2D eigenvalue weighted by molar-refractivity contribution is -0.122. The molecule has 30 heavy (non-hydrogen) atoms. The molecule has 0 bridgehead atoms. The minimum Gasteiger partial charge on any atom is -0.385 e. The Kier molecular flexibility index (Phi) is 8.48. The molecule has 0 aliphatic rings. The molecule has 2 unspecified atom stereocenters. The first kappa shape index (κ1) is 22.5. The second kappa shape index (κ2) is 11.3. The van der Waals surface area contributed by atoms with Gasteiger partial charge in [0.1, 0.15) is 11.7 Å².